The van der Waals surface area contributed by atoms with E-state index in [-0.39, 0.29) is 17.6 Å². The minimum atomic E-state index is -0.291. The van der Waals surface area contributed by atoms with Crippen molar-refractivity contribution in [1.29, 1.82) is 0 Å². The summed E-state index contributed by atoms with van der Waals surface area (Å²) < 4.78 is 0. The molecular weight excluding hydrogens is 268 g/mol. The molecule has 1 aliphatic rings. The van der Waals surface area contributed by atoms with Gasteiger partial charge in [0.25, 0.3) is 11.8 Å². The number of para-hydroxylation sites is 1. The first-order valence-corrected chi connectivity index (χ1v) is 6.55. The van der Waals surface area contributed by atoms with Crippen molar-refractivity contribution in [3.63, 3.8) is 0 Å². The van der Waals surface area contributed by atoms with Crippen molar-refractivity contribution in [2.75, 3.05) is 12.4 Å². The van der Waals surface area contributed by atoms with Gasteiger partial charge in [-0.3, -0.25) is 14.5 Å². The fourth-order valence-corrected chi connectivity index (χ4v) is 2.33. The number of phenols is 1. The van der Waals surface area contributed by atoms with Crippen molar-refractivity contribution in [2.45, 2.75) is 6.54 Å². The number of aromatic hydroxyl groups is 1. The summed E-state index contributed by atoms with van der Waals surface area (Å²) in [6.07, 6.45) is 0. The van der Waals surface area contributed by atoms with E-state index in [2.05, 4.69) is 5.32 Å². The van der Waals surface area contributed by atoms with Gasteiger partial charge >= 0.3 is 0 Å². The van der Waals surface area contributed by atoms with Crippen LogP contribution in [0, 0.1) is 0 Å². The number of carbonyl (C=O) groups excluding carboxylic acids is 2. The molecule has 0 radical (unpaired) electrons. The second-order valence-electron chi connectivity index (χ2n) is 4.91. The van der Waals surface area contributed by atoms with Crippen LogP contribution in [0.25, 0.3) is 0 Å². The summed E-state index contributed by atoms with van der Waals surface area (Å²) in [6.45, 7) is 0.434. The van der Waals surface area contributed by atoms with E-state index in [9.17, 15) is 14.7 Å². The second kappa shape index (κ2) is 4.94. The second-order valence-corrected chi connectivity index (χ2v) is 4.91. The first-order valence-electron chi connectivity index (χ1n) is 6.55. The summed E-state index contributed by atoms with van der Waals surface area (Å²) >= 11 is 0. The van der Waals surface area contributed by atoms with Crippen molar-refractivity contribution >= 4 is 17.5 Å². The van der Waals surface area contributed by atoms with E-state index in [4.69, 9.17) is 0 Å². The van der Waals surface area contributed by atoms with Crippen LogP contribution in [0.1, 0.15) is 26.3 Å². The molecule has 0 fully saturated rings. The molecule has 5 nitrogen and oxygen atoms in total. The smallest absolute Gasteiger partial charge is 0.261 e. The number of benzene rings is 2. The summed E-state index contributed by atoms with van der Waals surface area (Å²) in [7, 11) is 1.47. The molecule has 0 aromatic heterocycles. The lowest BCUT2D eigenvalue weighted by Gasteiger charge is -2.08. The first kappa shape index (κ1) is 13.2. The van der Waals surface area contributed by atoms with Gasteiger partial charge in [0.15, 0.2) is 0 Å². The molecule has 0 saturated carbocycles. The van der Waals surface area contributed by atoms with Crippen molar-refractivity contribution in [3.05, 3.63) is 59.2 Å². The topological polar surface area (TPSA) is 69.6 Å². The minimum absolute atomic E-state index is 0.220. The molecule has 0 aliphatic carbocycles. The lowest BCUT2D eigenvalue weighted by Crippen LogP contribution is -2.24. The number of rotatable bonds is 3. The predicted octanol–water partition coefficient (Wildman–Crippen LogP) is 2.23. The highest BCUT2D eigenvalue weighted by Gasteiger charge is 2.32. The number of phenolic OH excluding ortho intramolecular Hbond substituents is 1. The van der Waals surface area contributed by atoms with E-state index in [1.54, 1.807) is 30.3 Å². The van der Waals surface area contributed by atoms with E-state index in [0.29, 0.717) is 17.7 Å². The Bertz CT molecular complexity index is 740. The average molecular weight is 282 g/mol. The number of imide groups is 1. The third kappa shape index (κ3) is 2.23. The van der Waals surface area contributed by atoms with Gasteiger partial charge in [-0.05, 0) is 24.3 Å². The highest BCUT2D eigenvalue weighted by Crippen LogP contribution is 2.25. The molecule has 106 valence electrons. The van der Waals surface area contributed by atoms with Crippen LogP contribution in [0.3, 0.4) is 0 Å². The van der Waals surface area contributed by atoms with Crippen molar-refractivity contribution in [3.8, 4) is 5.75 Å². The fourth-order valence-electron chi connectivity index (χ4n) is 2.33. The molecule has 1 aliphatic heterocycles. The summed E-state index contributed by atoms with van der Waals surface area (Å²) in [5.74, 6) is -0.347. The van der Waals surface area contributed by atoms with Crippen molar-refractivity contribution < 1.29 is 14.7 Å². The number of hydrogen-bond donors (Lipinski definition) is 2. The fraction of sp³-hybridized carbons (Fsp3) is 0.125. The Morgan fingerprint density at radius 1 is 1.05 bits per heavy atom. The highest BCUT2D eigenvalue weighted by atomic mass is 16.3. The van der Waals surface area contributed by atoms with Crippen molar-refractivity contribution in [1.82, 2.24) is 4.90 Å². The van der Waals surface area contributed by atoms with E-state index in [1.165, 1.54) is 7.05 Å². The number of nitrogens with zero attached hydrogens (tertiary/aromatic N) is 1. The number of fused-ring (bicyclic) bond motifs is 1. The zero-order valence-electron chi connectivity index (χ0n) is 11.5. The van der Waals surface area contributed by atoms with Crippen LogP contribution in [0.4, 0.5) is 5.69 Å². The summed E-state index contributed by atoms with van der Waals surface area (Å²) in [6, 6.07) is 12.1. The lowest BCUT2D eigenvalue weighted by atomic mass is 10.1. The molecule has 0 atom stereocenters. The molecule has 0 bridgehead atoms. The van der Waals surface area contributed by atoms with Crippen LogP contribution in [0.2, 0.25) is 0 Å². The van der Waals surface area contributed by atoms with Gasteiger partial charge in [-0.15, -0.1) is 0 Å². The standard InChI is InChI=1S/C16H14N2O3/c1-18-15(20)12-7-6-11(8-13(12)16(18)21)17-9-10-4-2-3-5-14(10)19/h2-8,17,19H,9H2,1H3. The third-order valence-corrected chi connectivity index (χ3v) is 3.56. The monoisotopic (exact) mass is 282 g/mol. The number of amides is 2. The quantitative estimate of drug-likeness (QED) is 0.847. The van der Waals surface area contributed by atoms with Gasteiger partial charge in [0.2, 0.25) is 0 Å². The Balaban J connectivity index is 1.82. The Kier molecular flexibility index (Phi) is 3.10. The molecule has 0 spiro atoms. The molecule has 21 heavy (non-hydrogen) atoms. The molecule has 0 saturated heterocycles. The van der Waals surface area contributed by atoms with E-state index >= 15 is 0 Å². The van der Waals surface area contributed by atoms with Crippen LogP contribution in [-0.2, 0) is 6.54 Å². The van der Waals surface area contributed by atoms with Crippen LogP contribution < -0.4 is 5.32 Å². The van der Waals surface area contributed by atoms with Crippen LogP contribution in [0.15, 0.2) is 42.5 Å². The zero-order chi connectivity index (χ0) is 15.0. The minimum Gasteiger partial charge on any atom is -0.508 e. The van der Waals surface area contributed by atoms with E-state index in [0.717, 1.165) is 16.2 Å². The molecule has 2 aromatic rings. The van der Waals surface area contributed by atoms with E-state index < -0.39 is 0 Å². The SMILES string of the molecule is CN1C(=O)c2ccc(NCc3ccccc3O)cc2C1=O. The molecule has 1 heterocycles. The van der Waals surface area contributed by atoms with Gasteiger partial charge in [-0.1, -0.05) is 18.2 Å². The van der Waals surface area contributed by atoms with Crippen LogP contribution in [0.5, 0.6) is 5.75 Å². The third-order valence-electron chi connectivity index (χ3n) is 3.56. The maximum atomic E-state index is 11.9. The maximum absolute atomic E-state index is 11.9. The summed E-state index contributed by atoms with van der Waals surface area (Å²) in [5, 5.41) is 12.8. The van der Waals surface area contributed by atoms with Crippen LogP contribution in [-0.4, -0.2) is 28.9 Å². The van der Waals surface area contributed by atoms with Gasteiger partial charge in [0.05, 0.1) is 11.1 Å². The molecule has 2 amide bonds. The average Bonchev–Trinajstić information content (AvgIpc) is 2.71. The Morgan fingerprint density at radius 3 is 2.52 bits per heavy atom. The number of carbonyl (C=O) groups is 2. The van der Waals surface area contributed by atoms with Gasteiger partial charge in [0, 0.05) is 24.8 Å². The molecular formula is C16H14N2O3. The maximum Gasteiger partial charge on any atom is 0.261 e. The highest BCUT2D eigenvalue weighted by molar-refractivity contribution is 6.21. The summed E-state index contributed by atoms with van der Waals surface area (Å²) in [5.41, 5.74) is 2.33. The van der Waals surface area contributed by atoms with Crippen LogP contribution >= 0.6 is 0 Å². The largest absolute Gasteiger partial charge is 0.508 e. The number of hydrogen-bond acceptors (Lipinski definition) is 4. The van der Waals surface area contributed by atoms with Crippen molar-refractivity contribution in [2.24, 2.45) is 0 Å². The molecule has 2 aromatic carbocycles. The number of anilines is 1. The molecule has 5 heteroatoms. The summed E-state index contributed by atoms with van der Waals surface area (Å²) in [4.78, 5) is 24.8. The van der Waals surface area contributed by atoms with Gasteiger partial charge in [-0.2, -0.15) is 0 Å². The van der Waals surface area contributed by atoms with Gasteiger partial charge in [0.1, 0.15) is 5.75 Å². The predicted molar refractivity (Wildman–Crippen MR) is 78.3 cm³/mol. The first-order chi connectivity index (χ1) is 10.1. The molecule has 3 rings (SSSR count). The van der Waals surface area contributed by atoms with Gasteiger partial charge < -0.3 is 10.4 Å². The molecule has 2 N–H and O–H groups in total. The zero-order valence-corrected chi connectivity index (χ0v) is 11.5. The Hall–Kier alpha value is -2.82. The Morgan fingerprint density at radius 2 is 1.76 bits per heavy atom. The van der Waals surface area contributed by atoms with Gasteiger partial charge in [-0.25, -0.2) is 0 Å². The lowest BCUT2D eigenvalue weighted by molar-refractivity contribution is 0.0693. The van der Waals surface area contributed by atoms with E-state index in [1.807, 2.05) is 12.1 Å². The normalized spacial score (nSPS) is 13.5. The number of nitrogens with one attached hydrogen (secondary N) is 1. The molecule has 0 unspecified atom stereocenters. The Labute approximate surface area is 121 Å².